The molecule has 0 spiro atoms. The van der Waals surface area contributed by atoms with Crippen LogP contribution in [-0.2, 0) is 4.57 Å². The fourth-order valence-corrected chi connectivity index (χ4v) is 5.15. The first-order valence-corrected chi connectivity index (χ1v) is 8.50. The van der Waals surface area contributed by atoms with Gasteiger partial charge in [0, 0.05) is 10.6 Å². The summed E-state index contributed by atoms with van der Waals surface area (Å²) in [5.74, 6) is -1.28. The van der Waals surface area contributed by atoms with E-state index in [-0.39, 0.29) is 5.30 Å². The topological polar surface area (TPSA) is 17.1 Å². The van der Waals surface area contributed by atoms with E-state index in [4.69, 9.17) is 0 Å². The lowest BCUT2D eigenvalue weighted by molar-refractivity contribution is 0.585. The van der Waals surface area contributed by atoms with Gasteiger partial charge in [0.05, 0.1) is 5.30 Å². The quantitative estimate of drug-likeness (QED) is 0.675. The second kappa shape index (κ2) is 5.86. The van der Waals surface area contributed by atoms with Crippen molar-refractivity contribution in [3.05, 3.63) is 90.5 Å². The zero-order valence-corrected chi connectivity index (χ0v) is 12.5. The molecule has 0 N–H and O–H groups in total. The van der Waals surface area contributed by atoms with Crippen LogP contribution in [-0.4, -0.2) is 0 Å². The summed E-state index contributed by atoms with van der Waals surface area (Å²) in [7, 11) is -3.46. The Balaban J connectivity index is 2.34. The van der Waals surface area contributed by atoms with E-state index < -0.39 is 18.8 Å². The lowest BCUT2D eigenvalue weighted by atomic mass is 10.3. The Labute approximate surface area is 127 Å². The third kappa shape index (κ3) is 2.49. The molecule has 0 saturated carbocycles. The molecule has 0 aliphatic rings. The van der Waals surface area contributed by atoms with Crippen molar-refractivity contribution in [1.29, 1.82) is 0 Å². The van der Waals surface area contributed by atoms with Gasteiger partial charge in [-0.3, -0.25) is 0 Å². The van der Waals surface area contributed by atoms with Gasteiger partial charge in [0.25, 0.3) is 0 Å². The normalized spacial score (nSPS) is 11.4. The molecule has 0 fully saturated rings. The molecule has 0 unspecified atom stereocenters. The Kier molecular flexibility index (Phi) is 3.91. The van der Waals surface area contributed by atoms with Gasteiger partial charge >= 0.3 is 0 Å². The summed E-state index contributed by atoms with van der Waals surface area (Å²) < 4.78 is 41.7. The Morgan fingerprint density at radius 2 is 1.18 bits per heavy atom. The second-order valence-corrected chi connectivity index (χ2v) is 7.61. The highest BCUT2D eigenvalue weighted by Gasteiger charge is 2.32. The first-order valence-electron chi connectivity index (χ1n) is 6.79. The summed E-state index contributed by atoms with van der Waals surface area (Å²) in [6, 6.07) is 20.3. The van der Waals surface area contributed by atoms with E-state index in [1.54, 1.807) is 60.7 Å². The average Bonchev–Trinajstić information content (AvgIpc) is 2.58. The fourth-order valence-electron chi connectivity index (χ4n) is 2.43. The van der Waals surface area contributed by atoms with Crippen molar-refractivity contribution in [2.24, 2.45) is 0 Å². The Hall–Kier alpha value is -2.25. The molecule has 1 nitrogen and oxygen atoms in total. The minimum Gasteiger partial charge on any atom is -0.309 e. The maximum absolute atomic E-state index is 14.3. The van der Waals surface area contributed by atoms with Gasteiger partial charge in [0.2, 0.25) is 0 Å². The minimum atomic E-state index is -3.46. The first-order chi connectivity index (χ1) is 10.6. The predicted molar refractivity (Wildman–Crippen MR) is 85.8 cm³/mol. The molecule has 0 saturated heterocycles. The van der Waals surface area contributed by atoms with Crippen LogP contribution in [0.5, 0.6) is 0 Å². The zero-order chi connectivity index (χ0) is 15.6. The summed E-state index contributed by atoms with van der Waals surface area (Å²) >= 11 is 0. The van der Waals surface area contributed by atoms with Crippen molar-refractivity contribution < 1.29 is 13.3 Å². The second-order valence-electron chi connectivity index (χ2n) is 4.88. The molecule has 110 valence electrons. The van der Waals surface area contributed by atoms with Gasteiger partial charge in [-0.1, -0.05) is 60.7 Å². The number of benzene rings is 3. The molecule has 22 heavy (non-hydrogen) atoms. The molecule has 0 aliphatic heterocycles. The molecule has 4 heteroatoms. The maximum Gasteiger partial charge on any atom is 0.174 e. The molecule has 0 bridgehead atoms. The van der Waals surface area contributed by atoms with Crippen LogP contribution in [0.15, 0.2) is 78.9 Å². The van der Waals surface area contributed by atoms with Gasteiger partial charge in [-0.25, -0.2) is 8.78 Å². The maximum atomic E-state index is 14.3. The number of hydrogen-bond acceptors (Lipinski definition) is 1. The smallest absolute Gasteiger partial charge is 0.174 e. The molecular formula is C18H13F2OP. The summed E-state index contributed by atoms with van der Waals surface area (Å²) in [6.07, 6.45) is 0. The number of rotatable bonds is 3. The molecule has 3 rings (SSSR count). The van der Waals surface area contributed by atoms with Crippen molar-refractivity contribution in [3.8, 4) is 0 Å². The first kappa shape index (κ1) is 14.7. The molecule has 3 aromatic carbocycles. The lowest BCUT2D eigenvalue weighted by Crippen LogP contribution is -2.27. The van der Waals surface area contributed by atoms with Gasteiger partial charge in [0.15, 0.2) is 7.14 Å². The third-order valence-electron chi connectivity index (χ3n) is 3.49. The van der Waals surface area contributed by atoms with Crippen molar-refractivity contribution in [2.45, 2.75) is 0 Å². The van der Waals surface area contributed by atoms with E-state index in [9.17, 15) is 13.3 Å². The standard InChI is InChI=1S/C18H13F2OP/c19-14-11-12-17(20)18(13-14)22(21,15-7-3-1-4-8-15)16-9-5-2-6-10-16/h1-13H. The van der Waals surface area contributed by atoms with Crippen LogP contribution in [0.1, 0.15) is 0 Å². The SMILES string of the molecule is O=P(c1ccccc1)(c1ccccc1)c1cc(F)ccc1F. The molecule has 0 aliphatic carbocycles. The Morgan fingerprint density at radius 1 is 0.682 bits per heavy atom. The molecule has 0 atom stereocenters. The van der Waals surface area contributed by atoms with Crippen molar-refractivity contribution in [3.63, 3.8) is 0 Å². The van der Waals surface area contributed by atoms with Crippen LogP contribution in [0.25, 0.3) is 0 Å². The monoisotopic (exact) mass is 314 g/mol. The van der Waals surface area contributed by atoms with E-state index in [0.717, 1.165) is 18.2 Å². The lowest BCUT2D eigenvalue weighted by Gasteiger charge is -2.20. The van der Waals surface area contributed by atoms with E-state index in [1.807, 2.05) is 0 Å². The van der Waals surface area contributed by atoms with E-state index in [1.165, 1.54) is 0 Å². The van der Waals surface area contributed by atoms with Crippen LogP contribution in [0.4, 0.5) is 8.78 Å². The van der Waals surface area contributed by atoms with Crippen molar-refractivity contribution >= 4 is 23.1 Å². The van der Waals surface area contributed by atoms with Crippen LogP contribution in [0.3, 0.4) is 0 Å². The van der Waals surface area contributed by atoms with Gasteiger partial charge < -0.3 is 4.57 Å². The predicted octanol–water partition coefficient (Wildman–Crippen LogP) is 3.60. The Morgan fingerprint density at radius 3 is 1.68 bits per heavy atom. The highest BCUT2D eigenvalue weighted by Crippen LogP contribution is 2.43. The van der Waals surface area contributed by atoms with Crippen LogP contribution < -0.4 is 15.9 Å². The summed E-state index contributed by atoms with van der Waals surface area (Å²) in [5.41, 5.74) is 0. The van der Waals surface area contributed by atoms with Crippen molar-refractivity contribution in [2.75, 3.05) is 0 Å². The van der Waals surface area contributed by atoms with Gasteiger partial charge in [-0.15, -0.1) is 0 Å². The Bertz CT molecular complexity index is 789. The van der Waals surface area contributed by atoms with E-state index in [0.29, 0.717) is 10.6 Å². The summed E-state index contributed by atoms with van der Waals surface area (Å²) in [5, 5.41) is 0.848. The molecule has 0 radical (unpaired) electrons. The highest BCUT2D eigenvalue weighted by atomic mass is 31.2. The van der Waals surface area contributed by atoms with Crippen LogP contribution in [0.2, 0.25) is 0 Å². The van der Waals surface area contributed by atoms with Crippen molar-refractivity contribution in [1.82, 2.24) is 0 Å². The third-order valence-corrected chi connectivity index (χ3v) is 6.56. The summed E-state index contributed by atoms with van der Waals surface area (Å²) in [4.78, 5) is 0. The minimum absolute atomic E-state index is 0.107. The number of hydrogen-bond donors (Lipinski definition) is 0. The van der Waals surface area contributed by atoms with Gasteiger partial charge in [-0.2, -0.15) is 0 Å². The molecular weight excluding hydrogens is 301 g/mol. The molecule has 3 aromatic rings. The fraction of sp³-hybridized carbons (Fsp3) is 0. The van der Waals surface area contributed by atoms with E-state index in [2.05, 4.69) is 0 Å². The number of halogens is 2. The van der Waals surface area contributed by atoms with Crippen LogP contribution in [0, 0.1) is 11.6 Å². The molecule has 0 amide bonds. The molecule has 0 aromatic heterocycles. The zero-order valence-electron chi connectivity index (χ0n) is 11.6. The highest BCUT2D eigenvalue weighted by molar-refractivity contribution is 7.85. The van der Waals surface area contributed by atoms with Gasteiger partial charge in [0.1, 0.15) is 11.6 Å². The van der Waals surface area contributed by atoms with E-state index >= 15 is 0 Å². The van der Waals surface area contributed by atoms with Gasteiger partial charge in [-0.05, 0) is 18.2 Å². The average molecular weight is 314 g/mol. The van der Waals surface area contributed by atoms with Crippen LogP contribution >= 0.6 is 7.14 Å². The summed E-state index contributed by atoms with van der Waals surface area (Å²) in [6.45, 7) is 0. The largest absolute Gasteiger partial charge is 0.309 e. The molecule has 0 heterocycles.